The molecule has 16 heavy (non-hydrogen) atoms. The summed E-state index contributed by atoms with van der Waals surface area (Å²) in [5.74, 6) is 0.897. The van der Waals surface area contributed by atoms with Crippen LogP contribution in [-0.4, -0.2) is 16.7 Å². The van der Waals surface area contributed by atoms with Crippen molar-refractivity contribution in [3.8, 4) is 22.8 Å². The molecule has 0 aliphatic carbocycles. The Labute approximate surface area is 94.3 Å². The lowest BCUT2D eigenvalue weighted by Gasteiger charge is -2.10. The third-order valence-electron chi connectivity index (χ3n) is 2.23. The number of pyridine rings is 1. The van der Waals surface area contributed by atoms with Crippen molar-refractivity contribution in [3.63, 3.8) is 0 Å². The molecule has 1 heterocycles. The average Bonchev–Trinajstić information content (AvgIpc) is 2.31. The molecule has 2 aromatic rings. The minimum absolute atomic E-state index is 0.162. The molecule has 0 spiro atoms. The first kappa shape index (κ1) is 10.5. The van der Waals surface area contributed by atoms with Crippen molar-refractivity contribution in [2.24, 2.45) is 0 Å². The van der Waals surface area contributed by atoms with Gasteiger partial charge in [-0.05, 0) is 31.2 Å². The van der Waals surface area contributed by atoms with E-state index in [4.69, 9.17) is 4.74 Å². The number of aromatic nitrogens is 1. The van der Waals surface area contributed by atoms with Gasteiger partial charge >= 0.3 is 0 Å². The fourth-order valence-corrected chi connectivity index (χ4v) is 1.55. The number of nitrogens with zero attached hydrogens (tertiary/aromatic N) is 1. The van der Waals surface area contributed by atoms with E-state index in [1.165, 1.54) is 0 Å². The van der Waals surface area contributed by atoms with E-state index >= 15 is 0 Å². The van der Waals surface area contributed by atoms with Gasteiger partial charge in [0.2, 0.25) is 0 Å². The van der Waals surface area contributed by atoms with E-state index in [0.717, 1.165) is 11.3 Å². The molecule has 0 atom stereocenters. The van der Waals surface area contributed by atoms with Crippen molar-refractivity contribution in [2.75, 3.05) is 6.61 Å². The highest BCUT2D eigenvalue weighted by Gasteiger charge is 2.10. The monoisotopic (exact) mass is 215 g/mol. The number of para-hydroxylation sites is 1. The smallest absolute Gasteiger partial charge is 0.141 e. The predicted molar refractivity (Wildman–Crippen MR) is 62.5 cm³/mol. The molecule has 3 nitrogen and oxygen atoms in total. The number of benzene rings is 1. The standard InChI is InChI=1S/C13H13NO2/c1-2-16-12-8-4-3-6-10(12)13-11(15)7-5-9-14-13/h3-9,15H,2H2,1H3. The number of ether oxygens (including phenoxy) is 1. The van der Waals surface area contributed by atoms with Gasteiger partial charge in [0.1, 0.15) is 17.2 Å². The molecule has 82 valence electrons. The van der Waals surface area contributed by atoms with Gasteiger partial charge in [0, 0.05) is 11.8 Å². The Balaban J connectivity index is 2.51. The topological polar surface area (TPSA) is 42.4 Å². The van der Waals surface area contributed by atoms with Gasteiger partial charge in [-0.15, -0.1) is 0 Å². The van der Waals surface area contributed by atoms with E-state index in [1.54, 1.807) is 18.3 Å². The van der Waals surface area contributed by atoms with Crippen LogP contribution in [0.1, 0.15) is 6.92 Å². The van der Waals surface area contributed by atoms with Crippen molar-refractivity contribution in [1.29, 1.82) is 0 Å². The van der Waals surface area contributed by atoms with Gasteiger partial charge in [-0.1, -0.05) is 12.1 Å². The van der Waals surface area contributed by atoms with Crippen molar-refractivity contribution in [2.45, 2.75) is 6.92 Å². The Morgan fingerprint density at radius 3 is 2.75 bits per heavy atom. The van der Waals surface area contributed by atoms with Gasteiger partial charge in [0.15, 0.2) is 0 Å². The SMILES string of the molecule is CCOc1ccccc1-c1ncccc1O. The highest BCUT2D eigenvalue weighted by molar-refractivity contribution is 5.71. The van der Waals surface area contributed by atoms with Crippen LogP contribution in [0.2, 0.25) is 0 Å². The quantitative estimate of drug-likeness (QED) is 0.856. The van der Waals surface area contributed by atoms with Crippen molar-refractivity contribution < 1.29 is 9.84 Å². The first-order valence-corrected chi connectivity index (χ1v) is 5.19. The van der Waals surface area contributed by atoms with Gasteiger partial charge in [0.05, 0.1) is 6.61 Å². The molecule has 0 bridgehead atoms. The fourth-order valence-electron chi connectivity index (χ4n) is 1.55. The van der Waals surface area contributed by atoms with Crippen LogP contribution in [0.25, 0.3) is 11.3 Å². The normalized spacial score (nSPS) is 10.1. The summed E-state index contributed by atoms with van der Waals surface area (Å²) < 4.78 is 5.50. The van der Waals surface area contributed by atoms with Crippen molar-refractivity contribution in [3.05, 3.63) is 42.6 Å². The molecule has 1 aromatic heterocycles. The van der Waals surface area contributed by atoms with E-state index in [2.05, 4.69) is 4.98 Å². The molecule has 0 aliphatic rings. The van der Waals surface area contributed by atoms with Crippen LogP contribution < -0.4 is 4.74 Å². The molecule has 0 fully saturated rings. The van der Waals surface area contributed by atoms with Crippen molar-refractivity contribution >= 4 is 0 Å². The lowest BCUT2D eigenvalue weighted by atomic mass is 10.1. The van der Waals surface area contributed by atoms with E-state index in [0.29, 0.717) is 12.3 Å². The molecule has 2 rings (SSSR count). The maximum Gasteiger partial charge on any atom is 0.141 e. The Morgan fingerprint density at radius 2 is 2.00 bits per heavy atom. The molecular weight excluding hydrogens is 202 g/mol. The van der Waals surface area contributed by atoms with E-state index in [9.17, 15) is 5.11 Å². The van der Waals surface area contributed by atoms with Crippen LogP contribution >= 0.6 is 0 Å². The minimum Gasteiger partial charge on any atom is -0.506 e. The Bertz CT molecular complexity index is 483. The Morgan fingerprint density at radius 1 is 1.19 bits per heavy atom. The second-order valence-corrected chi connectivity index (χ2v) is 3.30. The summed E-state index contributed by atoms with van der Waals surface area (Å²) in [4.78, 5) is 4.16. The first-order valence-electron chi connectivity index (χ1n) is 5.19. The molecule has 1 aromatic carbocycles. The maximum absolute atomic E-state index is 9.74. The highest BCUT2D eigenvalue weighted by Crippen LogP contribution is 2.33. The molecule has 0 radical (unpaired) electrons. The summed E-state index contributed by atoms with van der Waals surface area (Å²) in [5, 5.41) is 9.74. The van der Waals surface area contributed by atoms with Gasteiger partial charge < -0.3 is 9.84 Å². The third-order valence-corrected chi connectivity index (χ3v) is 2.23. The second kappa shape index (κ2) is 4.66. The summed E-state index contributed by atoms with van der Waals surface area (Å²) in [6.07, 6.45) is 1.65. The molecule has 0 saturated carbocycles. The minimum atomic E-state index is 0.162. The average molecular weight is 215 g/mol. The first-order chi connectivity index (χ1) is 7.83. The molecule has 1 N–H and O–H groups in total. The molecule has 0 saturated heterocycles. The zero-order valence-corrected chi connectivity index (χ0v) is 9.05. The van der Waals surface area contributed by atoms with Gasteiger partial charge in [-0.2, -0.15) is 0 Å². The molecular formula is C13H13NO2. The van der Waals surface area contributed by atoms with Crippen LogP contribution in [0.5, 0.6) is 11.5 Å². The summed E-state index contributed by atoms with van der Waals surface area (Å²) in [6, 6.07) is 10.9. The van der Waals surface area contributed by atoms with Crippen LogP contribution in [0.3, 0.4) is 0 Å². The highest BCUT2D eigenvalue weighted by atomic mass is 16.5. The van der Waals surface area contributed by atoms with E-state index in [-0.39, 0.29) is 5.75 Å². The van der Waals surface area contributed by atoms with Gasteiger partial charge in [-0.3, -0.25) is 4.98 Å². The summed E-state index contributed by atoms with van der Waals surface area (Å²) in [7, 11) is 0. The van der Waals surface area contributed by atoms with Crippen LogP contribution in [0.4, 0.5) is 0 Å². The zero-order valence-electron chi connectivity index (χ0n) is 9.05. The largest absolute Gasteiger partial charge is 0.506 e. The molecule has 0 aliphatic heterocycles. The predicted octanol–water partition coefficient (Wildman–Crippen LogP) is 2.85. The number of rotatable bonds is 3. The van der Waals surface area contributed by atoms with Crippen molar-refractivity contribution in [1.82, 2.24) is 4.98 Å². The Kier molecular flexibility index (Phi) is 3.05. The van der Waals surface area contributed by atoms with Gasteiger partial charge in [0.25, 0.3) is 0 Å². The summed E-state index contributed by atoms with van der Waals surface area (Å²) in [6.45, 7) is 2.51. The molecule has 0 unspecified atom stereocenters. The van der Waals surface area contributed by atoms with E-state index < -0.39 is 0 Å². The second-order valence-electron chi connectivity index (χ2n) is 3.30. The number of aromatic hydroxyl groups is 1. The fraction of sp³-hybridized carbons (Fsp3) is 0.154. The Hall–Kier alpha value is -2.03. The molecule has 3 heteroatoms. The van der Waals surface area contributed by atoms with Crippen LogP contribution in [0, 0.1) is 0 Å². The number of hydrogen-bond donors (Lipinski definition) is 1. The number of hydrogen-bond acceptors (Lipinski definition) is 3. The third kappa shape index (κ3) is 1.98. The zero-order chi connectivity index (χ0) is 11.4. The van der Waals surface area contributed by atoms with E-state index in [1.807, 2.05) is 31.2 Å². The summed E-state index contributed by atoms with van der Waals surface area (Å²) >= 11 is 0. The lowest BCUT2D eigenvalue weighted by molar-refractivity contribution is 0.341. The van der Waals surface area contributed by atoms with Crippen LogP contribution in [0.15, 0.2) is 42.6 Å². The molecule has 0 amide bonds. The summed E-state index contributed by atoms with van der Waals surface area (Å²) in [5.41, 5.74) is 1.36. The lowest BCUT2D eigenvalue weighted by Crippen LogP contribution is -1.94. The maximum atomic E-state index is 9.74. The van der Waals surface area contributed by atoms with Gasteiger partial charge in [-0.25, -0.2) is 0 Å². The van der Waals surface area contributed by atoms with Crippen LogP contribution in [-0.2, 0) is 0 Å².